The zero-order chi connectivity index (χ0) is 12.7. The zero-order valence-corrected chi connectivity index (χ0v) is 11.2. The smallest absolute Gasteiger partial charge is 0.163 e. The van der Waals surface area contributed by atoms with Crippen molar-refractivity contribution in [2.75, 3.05) is 20.8 Å². The van der Waals surface area contributed by atoms with Crippen LogP contribution in [0, 0.1) is 5.41 Å². The summed E-state index contributed by atoms with van der Waals surface area (Å²) >= 11 is 0. The van der Waals surface area contributed by atoms with E-state index in [4.69, 9.17) is 9.47 Å². The molecular weight excluding hydrogens is 214 g/mol. The van der Waals surface area contributed by atoms with Crippen molar-refractivity contribution >= 4 is 0 Å². The van der Waals surface area contributed by atoms with Crippen molar-refractivity contribution in [3.8, 4) is 0 Å². The maximum atomic E-state index is 5.30. The second-order valence-electron chi connectivity index (χ2n) is 4.88. The number of methoxy groups -OCH3 is 2. The number of benzene rings is 1. The molecule has 1 aromatic carbocycles. The highest BCUT2D eigenvalue weighted by atomic mass is 16.7. The van der Waals surface area contributed by atoms with Crippen LogP contribution >= 0.6 is 0 Å². The minimum atomic E-state index is -0.189. The van der Waals surface area contributed by atoms with E-state index in [2.05, 4.69) is 43.4 Å². The average Bonchev–Trinajstić information content (AvgIpc) is 2.31. The van der Waals surface area contributed by atoms with E-state index in [1.54, 1.807) is 14.2 Å². The molecule has 96 valence electrons. The molecule has 0 spiro atoms. The first kappa shape index (κ1) is 14.2. The minimum absolute atomic E-state index is 0.0573. The van der Waals surface area contributed by atoms with Crippen LogP contribution in [0.5, 0.6) is 0 Å². The van der Waals surface area contributed by atoms with Crippen molar-refractivity contribution in [2.45, 2.75) is 26.7 Å². The molecule has 0 bridgehead atoms. The summed E-state index contributed by atoms with van der Waals surface area (Å²) in [4.78, 5) is 0. The quantitative estimate of drug-likeness (QED) is 0.739. The Morgan fingerprint density at radius 2 is 1.71 bits per heavy atom. The Labute approximate surface area is 104 Å². The number of ether oxygens (including phenoxy) is 2. The molecule has 0 saturated carbocycles. The summed E-state index contributed by atoms with van der Waals surface area (Å²) in [6.07, 6.45) is -0.189. The predicted octanol–water partition coefficient (Wildman–Crippen LogP) is 2.42. The topological polar surface area (TPSA) is 30.5 Å². The maximum absolute atomic E-state index is 5.30. The summed E-state index contributed by atoms with van der Waals surface area (Å²) in [6, 6.07) is 10.4. The predicted molar refractivity (Wildman–Crippen MR) is 69.7 cm³/mol. The van der Waals surface area contributed by atoms with E-state index in [-0.39, 0.29) is 11.7 Å². The van der Waals surface area contributed by atoms with Gasteiger partial charge in [0, 0.05) is 32.7 Å². The summed E-state index contributed by atoms with van der Waals surface area (Å²) in [5, 5.41) is 3.43. The van der Waals surface area contributed by atoms with Gasteiger partial charge in [-0.3, -0.25) is 0 Å². The Morgan fingerprint density at radius 1 is 1.12 bits per heavy atom. The molecule has 1 rings (SSSR count). The van der Waals surface area contributed by atoms with Crippen molar-refractivity contribution < 1.29 is 9.47 Å². The van der Waals surface area contributed by atoms with Gasteiger partial charge in [0.05, 0.1) is 0 Å². The molecule has 0 saturated heterocycles. The summed E-state index contributed by atoms with van der Waals surface area (Å²) in [7, 11) is 3.35. The third-order valence-corrected chi connectivity index (χ3v) is 2.82. The van der Waals surface area contributed by atoms with Crippen LogP contribution in [0.25, 0.3) is 0 Å². The second-order valence-corrected chi connectivity index (χ2v) is 4.88. The highest BCUT2D eigenvalue weighted by Gasteiger charge is 2.29. The van der Waals surface area contributed by atoms with Gasteiger partial charge in [0.25, 0.3) is 0 Å². The van der Waals surface area contributed by atoms with Crippen LogP contribution in [-0.4, -0.2) is 27.1 Å². The first-order chi connectivity index (χ1) is 8.10. The molecule has 0 unspecified atom stereocenters. The first-order valence-corrected chi connectivity index (χ1v) is 5.90. The van der Waals surface area contributed by atoms with Crippen LogP contribution in [0.2, 0.25) is 0 Å². The largest absolute Gasteiger partial charge is 0.355 e. The Kier molecular flexibility index (Phi) is 5.62. The lowest BCUT2D eigenvalue weighted by Crippen LogP contribution is -2.41. The van der Waals surface area contributed by atoms with Crippen LogP contribution in [0.1, 0.15) is 19.4 Å². The number of hydrogen-bond donors (Lipinski definition) is 1. The van der Waals surface area contributed by atoms with Crippen molar-refractivity contribution in [3.63, 3.8) is 0 Å². The summed E-state index contributed by atoms with van der Waals surface area (Å²) < 4.78 is 10.6. The maximum Gasteiger partial charge on any atom is 0.163 e. The van der Waals surface area contributed by atoms with E-state index in [1.165, 1.54) is 5.56 Å². The Hall–Kier alpha value is -0.900. The molecule has 1 aromatic rings. The fourth-order valence-electron chi connectivity index (χ4n) is 1.94. The van der Waals surface area contributed by atoms with Crippen molar-refractivity contribution in [3.05, 3.63) is 35.9 Å². The number of nitrogens with one attached hydrogen (secondary N) is 1. The van der Waals surface area contributed by atoms with E-state index in [0.717, 1.165) is 13.1 Å². The second kappa shape index (κ2) is 6.74. The molecule has 0 amide bonds. The molecule has 0 aromatic heterocycles. The lowest BCUT2D eigenvalue weighted by molar-refractivity contribution is -0.166. The first-order valence-electron chi connectivity index (χ1n) is 5.90. The third-order valence-electron chi connectivity index (χ3n) is 2.82. The van der Waals surface area contributed by atoms with Gasteiger partial charge in [-0.1, -0.05) is 44.2 Å². The standard InChI is InChI=1S/C14H23NO2/c1-14(2,13(16-3)17-4)11-15-10-12-8-6-5-7-9-12/h5-9,13,15H,10-11H2,1-4H3. The fourth-order valence-corrected chi connectivity index (χ4v) is 1.94. The van der Waals surface area contributed by atoms with Gasteiger partial charge in [-0.15, -0.1) is 0 Å². The van der Waals surface area contributed by atoms with Gasteiger partial charge in [0.1, 0.15) is 0 Å². The molecule has 17 heavy (non-hydrogen) atoms. The highest BCUT2D eigenvalue weighted by molar-refractivity contribution is 5.14. The SMILES string of the molecule is COC(OC)C(C)(C)CNCc1ccccc1. The summed E-state index contributed by atoms with van der Waals surface area (Å²) in [5.41, 5.74) is 1.23. The fraction of sp³-hybridized carbons (Fsp3) is 0.571. The molecule has 0 heterocycles. The zero-order valence-electron chi connectivity index (χ0n) is 11.2. The van der Waals surface area contributed by atoms with Gasteiger partial charge in [-0.25, -0.2) is 0 Å². The van der Waals surface area contributed by atoms with Crippen LogP contribution in [0.4, 0.5) is 0 Å². The van der Waals surface area contributed by atoms with Gasteiger partial charge in [0.2, 0.25) is 0 Å². The Balaban J connectivity index is 2.39. The molecule has 0 aliphatic heterocycles. The normalized spacial score (nSPS) is 12.1. The van der Waals surface area contributed by atoms with Crippen molar-refractivity contribution in [1.29, 1.82) is 0 Å². The molecule has 0 atom stereocenters. The van der Waals surface area contributed by atoms with E-state index < -0.39 is 0 Å². The number of hydrogen-bond acceptors (Lipinski definition) is 3. The molecule has 3 heteroatoms. The lowest BCUT2D eigenvalue weighted by atomic mass is 9.92. The molecule has 0 fully saturated rings. The van der Waals surface area contributed by atoms with Crippen LogP contribution in [0.3, 0.4) is 0 Å². The molecule has 1 N–H and O–H groups in total. The van der Waals surface area contributed by atoms with Crippen molar-refractivity contribution in [1.82, 2.24) is 5.32 Å². The Bertz CT molecular complexity index is 307. The molecular formula is C14H23NO2. The van der Waals surface area contributed by atoms with Crippen LogP contribution in [-0.2, 0) is 16.0 Å². The van der Waals surface area contributed by atoms with E-state index in [9.17, 15) is 0 Å². The van der Waals surface area contributed by atoms with Crippen LogP contribution < -0.4 is 5.32 Å². The lowest BCUT2D eigenvalue weighted by Gasteiger charge is -2.32. The van der Waals surface area contributed by atoms with E-state index in [0.29, 0.717) is 0 Å². The molecule has 3 nitrogen and oxygen atoms in total. The summed E-state index contributed by atoms with van der Waals surface area (Å²) in [6.45, 7) is 5.96. The number of rotatable bonds is 7. The minimum Gasteiger partial charge on any atom is -0.355 e. The van der Waals surface area contributed by atoms with Gasteiger partial charge < -0.3 is 14.8 Å². The highest BCUT2D eigenvalue weighted by Crippen LogP contribution is 2.22. The monoisotopic (exact) mass is 237 g/mol. The molecule has 0 radical (unpaired) electrons. The van der Waals surface area contributed by atoms with E-state index in [1.807, 2.05) is 6.07 Å². The molecule has 0 aliphatic rings. The average molecular weight is 237 g/mol. The third kappa shape index (κ3) is 4.46. The Morgan fingerprint density at radius 3 is 2.24 bits per heavy atom. The van der Waals surface area contributed by atoms with Crippen LogP contribution in [0.15, 0.2) is 30.3 Å². The van der Waals surface area contributed by atoms with Gasteiger partial charge >= 0.3 is 0 Å². The van der Waals surface area contributed by atoms with E-state index >= 15 is 0 Å². The van der Waals surface area contributed by atoms with Gasteiger partial charge in [-0.05, 0) is 5.56 Å². The van der Waals surface area contributed by atoms with Crippen molar-refractivity contribution in [2.24, 2.45) is 5.41 Å². The van der Waals surface area contributed by atoms with Gasteiger partial charge in [-0.2, -0.15) is 0 Å². The molecule has 0 aliphatic carbocycles. The van der Waals surface area contributed by atoms with Gasteiger partial charge in [0.15, 0.2) is 6.29 Å². The summed E-state index contributed by atoms with van der Waals surface area (Å²) in [5.74, 6) is 0.